The number of nitriles is 1. The molecule has 1 amide bonds. The Morgan fingerprint density at radius 3 is 2.32 bits per heavy atom. The Bertz CT molecular complexity index is 1590. The third-order valence-electron chi connectivity index (χ3n) is 5.63. The van der Waals surface area contributed by atoms with Gasteiger partial charge in [-0.1, -0.05) is 59.6 Å². The molecule has 4 aromatic rings. The van der Waals surface area contributed by atoms with E-state index in [9.17, 15) is 18.5 Å². The Morgan fingerprint density at radius 2 is 1.66 bits per heavy atom. The number of anilines is 1. The quantitative estimate of drug-likeness (QED) is 0.200. The maximum Gasteiger partial charge on any atom is 0.266 e. The molecule has 0 bridgehead atoms. The molecule has 0 saturated heterocycles. The van der Waals surface area contributed by atoms with Crippen LogP contribution in [0.2, 0.25) is 5.02 Å². The molecule has 1 aromatic heterocycles. The number of hydrogen-bond acceptors (Lipinski definition) is 5. The summed E-state index contributed by atoms with van der Waals surface area (Å²) in [7, 11) is -3.88. The number of para-hydroxylation sites is 1. The van der Waals surface area contributed by atoms with Crippen molar-refractivity contribution in [3.63, 3.8) is 0 Å². The molecular weight excluding hydrogens is 522 g/mol. The summed E-state index contributed by atoms with van der Waals surface area (Å²) in [6.45, 7) is 1.91. The fourth-order valence-corrected chi connectivity index (χ4v) is 5.14. The first-order chi connectivity index (χ1) is 18.2. The van der Waals surface area contributed by atoms with Crippen LogP contribution in [0.15, 0.2) is 106 Å². The number of furan rings is 1. The number of rotatable bonds is 9. The Balaban J connectivity index is 1.58. The van der Waals surface area contributed by atoms with E-state index in [0.29, 0.717) is 16.5 Å². The number of halogens is 1. The van der Waals surface area contributed by atoms with Crippen LogP contribution in [0.5, 0.6) is 0 Å². The molecule has 0 aliphatic carbocycles. The van der Waals surface area contributed by atoms with E-state index < -0.39 is 15.9 Å². The van der Waals surface area contributed by atoms with E-state index in [4.69, 9.17) is 16.0 Å². The lowest BCUT2D eigenvalue weighted by Gasteiger charge is -2.21. The van der Waals surface area contributed by atoms with Crippen LogP contribution in [0.3, 0.4) is 0 Å². The lowest BCUT2D eigenvalue weighted by Crippen LogP contribution is -2.30. The van der Waals surface area contributed by atoms with Crippen molar-refractivity contribution in [2.75, 3.05) is 5.32 Å². The molecule has 0 atom stereocenters. The van der Waals surface area contributed by atoms with Gasteiger partial charge in [-0.15, -0.1) is 0 Å². The van der Waals surface area contributed by atoms with Crippen molar-refractivity contribution in [2.45, 2.75) is 24.9 Å². The second-order valence-corrected chi connectivity index (χ2v) is 10.9. The van der Waals surface area contributed by atoms with Gasteiger partial charge in [-0.25, -0.2) is 8.42 Å². The van der Waals surface area contributed by atoms with Crippen molar-refractivity contribution in [3.8, 4) is 6.07 Å². The maximum atomic E-state index is 13.6. The molecule has 0 aliphatic heterocycles. The highest BCUT2D eigenvalue weighted by Crippen LogP contribution is 2.24. The number of amides is 1. The van der Waals surface area contributed by atoms with Crippen LogP contribution in [0.25, 0.3) is 6.08 Å². The molecule has 0 spiro atoms. The largest absolute Gasteiger partial charge is 0.460 e. The molecule has 0 saturated carbocycles. The van der Waals surface area contributed by atoms with Crippen LogP contribution >= 0.6 is 11.6 Å². The Labute approximate surface area is 226 Å². The zero-order valence-corrected chi connectivity index (χ0v) is 22.0. The molecule has 0 fully saturated rings. The Morgan fingerprint density at radius 1 is 0.974 bits per heavy atom. The number of nitrogens with one attached hydrogen (secondary N) is 1. The maximum absolute atomic E-state index is 13.6. The molecule has 7 nitrogen and oxygen atoms in total. The molecule has 0 aliphatic rings. The van der Waals surface area contributed by atoms with Crippen LogP contribution in [-0.2, 0) is 27.9 Å². The van der Waals surface area contributed by atoms with Gasteiger partial charge in [-0.3, -0.25) is 4.79 Å². The van der Waals surface area contributed by atoms with Crippen molar-refractivity contribution in [2.24, 2.45) is 0 Å². The highest BCUT2D eigenvalue weighted by molar-refractivity contribution is 7.89. The number of benzene rings is 3. The standard InChI is InChI=1S/C29H24ClN3O4S/c1-21-7-15-28(16-8-21)38(35,36)33(19-22-9-11-24(30)12-10-22)20-27-14-13-26(37-27)17-23(18-31)29(34)32-25-5-3-2-4-6-25/h2-17H,19-20H2,1H3,(H,32,34)/b23-17-. The van der Waals surface area contributed by atoms with Crippen LogP contribution in [0, 0.1) is 18.3 Å². The summed E-state index contributed by atoms with van der Waals surface area (Å²) in [6.07, 6.45) is 1.32. The molecule has 192 valence electrons. The van der Waals surface area contributed by atoms with Gasteiger partial charge in [0, 0.05) is 23.3 Å². The number of aryl methyl sites for hydroxylation is 1. The zero-order valence-electron chi connectivity index (χ0n) is 20.5. The van der Waals surface area contributed by atoms with E-state index in [1.807, 2.05) is 19.1 Å². The Kier molecular flexibility index (Phi) is 8.44. The van der Waals surface area contributed by atoms with E-state index in [-0.39, 0.29) is 29.3 Å². The summed E-state index contributed by atoms with van der Waals surface area (Å²) in [5.41, 5.74) is 2.10. The highest BCUT2D eigenvalue weighted by Gasteiger charge is 2.26. The second kappa shape index (κ2) is 11.9. The molecule has 38 heavy (non-hydrogen) atoms. The van der Waals surface area contributed by atoms with Crippen molar-refractivity contribution in [1.82, 2.24) is 4.31 Å². The van der Waals surface area contributed by atoms with Gasteiger partial charge in [-0.2, -0.15) is 9.57 Å². The van der Waals surface area contributed by atoms with Gasteiger partial charge >= 0.3 is 0 Å². The summed E-state index contributed by atoms with van der Waals surface area (Å²) in [5, 5.41) is 12.7. The van der Waals surface area contributed by atoms with E-state index in [1.165, 1.54) is 10.4 Å². The van der Waals surface area contributed by atoms with Crippen LogP contribution in [0.1, 0.15) is 22.6 Å². The normalized spacial score (nSPS) is 11.8. The smallest absolute Gasteiger partial charge is 0.266 e. The van der Waals surface area contributed by atoms with E-state index >= 15 is 0 Å². The van der Waals surface area contributed by atoms with Crippen molar-refractivity contribution in [1.29, 1.82) is 5.26 Å². The number of carbonyl (C=O) groups excluding carboxylic acids is 1. The summed E-state index contributed by atoms with van der Waals surface area (Å²) in [5.74, 6) is 0.0172. The lowest BCUT2D eigenvalue weighted by atomic mass is 10.2. The fourth-order valence-electron chi connectivity index (χ4n) is 3.62. The van der Waals surface area contributed by atoms with Gasteiger partial charge in [0.05, 0.1) is 11.4 Å². The van der Waals surface area contributed by atoms with Gasteiger partial charge in [0.2, 0.25) is 10.0 Å². The summed E-state index contributed by atoms with van der Waals surface area (Å²) in [4.78, 5) is 12.7. The highest BCUT2D eigenvalue weighted by atomic mass is 35.5. The molecule has 4 rings (SSSR count). The molecule has 0 radical (unpaired) electrons. The number of carbonyl (C=O) groups is 1. The SMILES string of the molecule is Cc1ccc(S(=O)(=O)N(Cc2ccc(Cl)cc2)Cc2ccc(/C=C(/C#N)C(=O)Nc3ccccc3)o2)cc1. The number of nitrogens with zero attached hydrogens (tertiary/aromatic N) is 2. The molecule has 1 N–H and O–H groups in total. The van der Waals surface area contributed by atoms with Gasteiger partial charge in [-0.05, 0) is 61.0 Å². The molecule has 1 heterocycles. The summed E-state index contributed by atoms with van der Waals surface area (Å²) < 4.78 is 34.3. The predicted octanol–water partition coefficient (Wildman–Crippen LogP) is 6.18. The van der Waals surface area contributed by atoms with Gasteiger partial charge in [0.15, 0.2) is 0 Å². The summed E-state index contributed by atoms with van der Waals surface area (Å²) >= 11 is 6.00. The van der Waals surface area contributed by atoms with Crippen molar-refractivity contribution < 1.29 is 17.6 Å². The second-order valence-electron chi connectivity index (χ2n) is 8.51. The topological polar surface area (TPSA) is 103 Å². The van der Waals surface area contributed by atoms with Crippen LogP contribution in [0.4, 0.5) is 5.69 Å². The monoisotopic (exact) mass is 545 g/mol. The molecular formula is C29H24ClN3O4S. The number of hydrogen-bond donors (Lipinski definition) is 1. The predicted molar refractivity (Wildman–Crippen MR) is 146 cm³/mol. The first-order valence-electron chi connectivity index (χ1n) is 11.6. The minimum atomic E-state index is -3.88. The first kappa shape index (κ1) is 26.9. The van der Waals surface area contributed by atoms with Crippen LogP contribution in [-0.4, -0.2) is 18.6 Å². The van der Waals surface area contributed by atoms with E-state index in [1.54, 1.807) is 84.9 Å². The minimum Gasteiger partial charge on any atom is -0.460 e. The molecule has 3 aromatic carbocycles. The molecule has 9 heteroatoms. The van der Waals surface area contributed by atoms with E-state index in [2.05, 4.69) is 5.32 Å². The summed E-state index contributed by atoms with van der Waals surface area (Å²) in [6, 6.07) is 27.4. The number of sulfonamides is 1. The van der Waals surface area contributed by atoms with Crippen LogP contribution < -0.4 is 5.32 Å². The average Bonchev–Trinajstić information content (AvgIpc) is 3.36. The van der Waals surface area contributed by atoms with Crippen molar-refractivity contribution in [3.05, 3.63) is 124 Å². The third-order valence-corrected chi connectivity index (χ3v) is 7.69. The van der Waals surface area contributed by atoms with Gasteiger partial charge in [0.1, 0.15) is 23.2 Å². The first-order valence-corrected chi connectivity index (χ1v) is 13.4. The average molecular weight is 546 g/mol. The lowest BCUT2D eigenvalue weighted by molar-refractivity contribution is -0.112. The van der Waals surface area contributed by atoms with E-state index in [0.717, 1.165) is 11.1 Å². The van der Waals surface area contributed by atoms with Crippen molar-refractivity contribution >= 4 is 39.3 Å². The van der Waals surface area contributed by atoms with Gasteiger partial charge in [0.25, 0.3) is 5.91 Å². The zero-order chi connectivity index (χ0) is 27.1. The minimum absolute atomic E-state index is 0.0647. The van der Waals surface area contributed by atoms with Gasteiger partial charge < -0.3 is 9.73 Å². The fraction of sp³-hybridized carbons (Fsp3) is 0.103. The Hall–Kier alpha value is -4.16. The molecule has 0 unspecified atom stereocenters. The third kappa shape index (κ3) is 6.78.